The molecule has 0 spiro atoms. The summed E-state index contributed by atoms with van der Waals surface area (Å²) in [6.07, 6.45) is 2.07. The van der Waals surface area contributed by atoms with Gasteiger partial charge in [0.25, 0.3) is 0 Å². The first-order valence-electron chi connectivity index (χ1n) is 5.86. The molecule has 1 N–H and O–H groups in total. The monoisotopic (exact) mass is 305 g/mol. The van der Waals surface area contributed by atoms with Crippen LogP contribution in [0.1, 0.15) is 12.5 Å². The van der Waals surface area contributed by atoms with Gasteiger partial charge in [0, 0.05) is 16.7 Å². The number of hydrogen-bond acceptors (Lipinski definition) is 2. The molecule has 2 nitrogen and oxygen atoms in total. The molecule has 0 aliphatic carbocycles. The van der Waals surface area contributed by atoms with Gasteiger partial charge < -0.3 is 10.0 Å². The predicted octanol–water partition coefficient (Wildman–Crippen LogP) is 3.52. The van der Waals surface area contributed by atoms with E-state index in [2.05, 4.69) is 52.5 Å². The Morgan fingerprint density at radius 3 is 2.56 bits per heavy atom. The van der Waals surface area contributed by atoms with Crippen molar-refractivity contribution in [1.82, 2.24) is 4.90 Å². The van der Waals surface area contributed by atoms with Gasteiger partial charge in [0.05, 0.1) is 12.3 Å². The highest BCUT2D eigenvalue weighted by Crippen LogP contribution is 2.36. The number of benzene rings is 1. The number of β-amino-alcohol motifs (C(OH)–C–C–N with tert-alkyl or cyclic N) is 1. The van der Waals surface area contributed by atoms with Gasteiger partial charge in [-0.15, -0.1) is 0 Å². The third kappa shape index (κ3) is 2.42. The summed E-state index contributed by atoms with van der Waals surface area (Å²) in [4.78, 5) is 2.05. The highest BCUT2D eigenvalue weighted by molar-refractivity contribution is 9.12. The zero-order chi connectivity index (χ0) is 13.1. The van der Waals surface area contributed by atoms with Crippen molar-refractivity contribution >= 4 is 21.6 Å². The van der Waals surface area contributed by atoms with E-state index in [0.717, 1.165) is 27.0 Å². The van der Waals surface area contributed by atoms with Gasteiger partial charge in [-0.3, -0.25) is 0 Å². The SMILES string of the molecule is C=C1C(Br)=CC(C)=C(c2ccccc2)N1CCO. The van der Waals surface area contributed by atoms with Gasteiger partial charge in [0.1, 0.15) is 0 Å². The second kappa shape index (κ2) is 5.55. The van der Waals surface area contributed by atoms with Crippen LogP contribution in [0.2, 0.25) is 0 Å². The Bertz CT molecular complexity index is 517. The fraction of sp³-hybridized carbons (Fsp3) is 0.200. The molecule has 3 heteroatoms. The van der Waals surface area contributed by atoms with Crippen LogP contribution in [0, 0.1) is 0 Å². The van der Waals surface area contributed by atoms with Crippen molar-refractivity contribution in [2.45, 2.75) is 6.92 Å². The van der Waals surface area contributed by atoms with Crippen LogP contribution >= 0.6 is 15.9 Å². The number of hydrogen-bond donors (Lipinski definition) is 1. The van der Waals surface area contributed by atoms with Gasteiger partial charge in [-0.1, -0.05) is 36.9 Å². The number of aliphatic hydroxyl groups is 1. The Balaban J connectivity index is 2.52. The van der Waals surface area contributed by atoms with E-state index in [1.165, 1.54) is 0 Å². The maximum atomic E-state index is 9.23. The summed E-state index contributed by atoms with van der Waals surface area (Å²) in [5, 5.41) is 9.23. The number of halogens is 1. The lowest BCUT2D eigenvalue weighted by molar-refractivity contribution is 0.263. The van der Waals surface area contributed by atoms with Crippen molar-refractivity contribution in [3.8, 4) is 0 Å². The molecule has 0 saturated heterocycles. The molecule has 0 atom stereocenters. The summed E-state index contributed by atoms with van der Waals surface area (Å²) in [6.45, 7) is 6.79. The molecular formula is C15H16BrNO. The third-order valence-electron chi connectivity index (χ3n) is 2.96. The molecular weight excluding hydrogens is 290 g/mol. The zero-order valence-electron chi connectivity index (χ0n) is 10.4. The largest absolute Gasteiger partial charge is 0.395 e. The zero-order valence-corrected chi connectivity index (χ0v) is 11.9. The van der Waals surface area contributed by atoms with E-state index in [9.17, 15) is 5.11 Å². The van der Waals surface area contributed by atoms with Gasteiger partial charge in [0.2, 0.25) is 0 Å². The first kappa shape index (κ1) is 13.1. The van der Waals surface area contributed by atoms with Crippen molar-refractivity contribution in [1.29, 1.82) is 0 Å². The van der Waals surface area contributed by atoms with Gasteiger partial charge in [-0.2, -0.15) is 0 Å². The average Bonchev–Trinajstić information content (AvgIpc) is 2.37. The number of allylic oxidation sites excluding steroid dienone is 3. The Morgan fingerprint density at radius 1 is 1.28 bits per heavy atom. The molecule has 2 rings (SSSR count). The molecule has 1 heterocycles. The van der Waals surface area contributed by atoms with Gasteiger partial charge >= 0.3 is 0 Å². The minimum Gasteiger partial charge on any atom is -0.395 e. The van der Waals surface area contributed by atoms with E-state index in [0.29, 0.717) is 6.54 Å². The molecule has 18 heavy (non-hydrogen) atoms. The molecule has 0 saturated carbocycles. The molecule has 1 aliphatic rings. The maximum absolute atomic E-state index is 9.23. The van der Waals surface area contributed by atoms with Gasteiger partial charge in [0.15, 0.2) is 0 Å². The Hall–Kier alpha value is -1.32. The summed E-state index contributed by atoms with van der Waals surface area (Å²) in [6, 6.07) is 10.2. The van der Waals surface area contributed by atoms with Crippen molar-refractivity contribution in [3.63, 3.8) is 0 Å². The average molecular weight is 306 g/mol. The van der Waals surface area contributed by atoms with E-state index in [1.54, 1.807) is 0 Å². The van der Waals surface area contributed by atoms with Crippen LogP contribution in [0.3, 0.4) is 0 Å². The summed E-state index contributed by atoms with van der Waals surface area (Å²) >= 11 is 3.51. The smallest absolute Gasteiger partial charge is 0.0610 e. The van der Waals surface area contributed by atoms with Crippen LogP contribution in [0.15, 0.2) is 58.7 Å². The van der Waals surface area contributed by atoms with Crippen molar-refractivity contribution < 1.29 is 5.11 Å². The Morgan fingerprint density at radius 2 is 1.94 bits per heavy atom. The van der Waals surface area contributed by atoms with E-state index in [-0.39, 0.29) is 6.61 Å². The van der Waals surface area contributed by atoms with Crippen LogP contribution in [-0.2, 0) is 0 Å². The quantitative estimate of drug-likeness (QED) is 0.923. The molecule has 0 radical (unpaired) electrons. The standard InChI is InChI=1S/C15H16BrNO/c1-11-10-14(16)12(2)17(8-9-18)15(11)13-6-4-3-5-7-13/h3-7,10,18H,2,8-9H2,1H3. The van der Waals surface area contributed by atoms with Crippen LogP contribution in [-0.4, -0.2) is 23.2 Å². The van der Waals surface area contributed by atoms with Crippen LogP contribution in [0.4, 0.5) is 0 Å². The highest BCUT2D eigenvalue weighted by atomic mass is 79.9. The molecule has 1 aromatic carbocycles. The minimum absolute atomic E-state index is 0.100. The highest BCUT2D eigenvalue weighted by Gasteiger charge is 2.22. The number of aliphatic hydroxyl groups excluding tert-OH is 1. The minimum atomic E-state index is 0.100. The topological polar surface area (TPSA) is 23.5 Å². The van der Waals surface area contributed by atoms with Crippen LogP contribution in [0.5, 0.6) is 0 Å². The first-order chi connectivity index (χ1) is 8.65. The molecule has 0 unspecified atom stereocenters. The van der Waals surface area contributed by atoms with E-state index in [4.69, 9.17) is 0 Å². The van der Waals surface area contributed by atoms with Crippen molar-refractivity contribution in [2.24, 2.45) is 0 Å². The van der Waals surface area contributed by atoms with E-state index in [1.807, 2.05) is 18.2 Å². The van der Waals surface area contributed by atoms with Gasteiger partial charge in [-0.05, 0) is 40.1 Å². The maximum Gasteiger partial charge on any atom is 0.0610 e. The number of nitrogens with zero attached hydrogens (tertiary/aromatic N) is 1. The Labute approximate surface area is 116 Å². The predicted molar refractivity (Wildman–Crippen MR) is 79.0 cm³/mol. The second-order valence-corrected chi connectivity index (χ2v) is 5.07. The lowest BCUT2D eigenvalue weighted by Crippen LogP contribution is -2.27. The number of rotatable bonds is 3. The molecule has 0 bridgehead atoms. The molecule has 94 valence electrons. The van der Waals surface area contributed by atoms with Crippen LogP contribution < -0.4 is 0 Å². The molecule has 0 fully saturated rings. The third-order valence-corrected chi connectivity index (χ3v) is 3.65. The van der Waals surface area contributed by atoms with Crippen molar-refractivity contribution in [3.05, 3.63) is 64.3 Å². The first-order valence-corrected chi connectivity index (χ1v) is 6.65. The van der Waals surface area contributed by atoms with E-state index >= 15 is 0 Å². The van der Waals surface area contributed by atoms with Gasteiger partial charge in [-0.25, -0.2) is 0 Å². The normalized spacial score (nSPS) is 16.1. The second-order valence-electron chi connectivity index (χ2n) is 4.21. The molecule has 1 aliphatic heterocycles. The summed E-state index contributed by atoms with van der Waals surface area (Å²) < 4.78 is 0.966. The summed E-state index contributed by atoms with van der Waals surface area (Å²) in [5.74, 6) is 0. The van der Waals surface area contributed by atoms with E-state index < -0.39 is 0 Å². The molecule has 0 aromatic heterocycles. The summed E-state index contributed by atoms with van der Waals surface area (Å²) in [7, 11) is 0. The summed E-state index contributed by atoms with van der Waals surface area (Å²) in [5.41, 5.74) is 4.29. The molecule has 1 aromatic rings. The fourth-order valence-corrected chi connectivity index (χ4v) is 2.70. The lowest BCUT2D eigenvalue weighted by atomic mass is 10.0. The Kier molecular flexibility index (Phi) is 4.04. The molecule has 0 amide bonds. The fourth-order valence-electron chi connectivity index (χ4n) is 2.14. The lowest BCUT2D eigenvalue weighted by Gasteiger charge is -2.33. The van der Waals surface area contributed by atoms with Crippen molar-refractivity contribution in [2.75, 3.05) is 13.2 Å². The van der Waals surface area contributed by atoms with Crippen LogP contribution in [0.25, 0.3) is 5.70 Å².